The third-order valence-corrected chi connectivity index (χ3v) is 2.87. The molecule has 0 aromatic heterocycles. The van der Waals surface area contributed by atoms with E-state index in [2.05, 4.69) is 22.8 Å². The first-order valence-electron chi connectivity index (χ1n) is 5.63. The molecule has 0 bridgehead atoms. The summed E-state index contributed by atoms with van der Waals surface area (Å²) in [5, 5.41) is 5.68. The van der Waals surface area contributed by atoms with Gasteiger partial charge in [0.1, 0.15) is 0 Å². The van der Waals surface area contributed by atoms with Gasteiger partial charge < -0.3 is 16.4 Å². The van der Waals surface area contributed by atoms with Gasteiger partial charge in [0, 0.05) is 13.1 Å². The van der Waals surface area contributed by atoms with E-state index in [1.54, 1.807) is 0 Å². The predicted octanol–water partition coefficient (Wildman–Crippen LogP) is 0.932. The molecular formula is C12H17N3O. The van der Waals surface area contributed by atoms with Crippen molar-refractivity contribution in [2.24, 2.45) is 5.73 Å². The lowest BCUT2D eigenvalue weighted by atomic mass is 10.1. The van der Waals surface area contributed by atoms with E-state index in [-0.39, 0.29) is 12.1 Å². The van der Waals surface area contributed by atoms with Gasteiger partial charge in [0.25, 0.3) is 0 Å². The zero-order chi connectivity index (χ0) is 11.4. The Morgan fingerprint density at radius 1 is 1.44 bits per heavy atom. The number of amides is 2. The number of hydrogen-bond donors (Lipinski definition) is 3. The average Bonchev–Trinajstić information content (AvgIpc) is 2.70. The monoisotopic (exact) mass is 219 g/mol. The van der Waals surface area contributed by atoms with Crippen molar-refractivity contribution in [1.29, 1.82) is 0 Å². The van der Waals surface area contributed by atoms with Crippen LogP contribution in [0.25, 0.3) is 0 Å². The van der Waals surface area contributed by atoms with Crippen LogP contribution in [0.15, 0.2) is 24.3 Å². The number of nitrogens with one attached hydrogen (secondary N) is 2. The summed E-state index contributed by atoms with van der Waals surface area (Å²) in [6, 6.07) is 8.26. The topological polar surface area (TPSA) is 67.1 Å². The molecule has 0 fully saturated rings. The van der Waals surface area contributed by atoms with E-state index in [0.717, 1.165) is 12.8 Å². The highest BCUT2D eigenvalue weighted by Crippen LogP contribution is 2.30. The smallest absolute Gasteiger partial charge is 0.315 e. The largest absolute Gasteiger partial charge is 0.337 e. The summed E-state index contributed by atoms with van der Waals surface area (Å²) in [5.74, 6) is 0. The highest BCUT2D eigenvalue weighted by Gasteiger charge is 2.22. The molecule has 2 amide bonds. The fourth-order valence-electron chi connectivity index (χ4n) is 2.10. The van der Waals surface area contributed by atoms with Gasteiger partial charge in [-0.3, -0.25) is 0 Å². The van der Waals surface area contributed by atoms with E-state index in [1.165, 1.54) is 11.1 Å². The van der Waals surface area contributed by atoms with Gasteiger partial charge in [-0.05, 0) is 24.0 Å². The molecule has 0 spiro atoms. The second-order valence-electron chi connectivity index (χ2n) is 3.98. The Bertz CT molecular complexity index is 378. The molecular weight excluding hydrogens is 202 g/mol. The first-order valence-corrected chi connectivity index (χ1v) is 5.63. The molecule has 4 N–H and O–H groups in total. The van der Waals surface area contributed by atoms with E-state index in [1.807, 2.05) is 12.1 Å². The molecule has 86 valence electrons. The molecule has 0 heterocycles. The van der Waals surface area contributed by atoms with Gasteiger partial charge >= 0.3 is 6.03 Å². The first kappa shape index (κ1) is 11.0. The van der Waals surface area contributed by atoms with E-state index < -0.39 is 0 Å². The van der Waals surface area contributed by atoms with Crippen LogP contribution < -0.4 is 16.4 Å². The summed E-state index contributed by atoms with van der Waals surface area (Å²) in [6.07, 6.45) is 2.02. The normalized spacial score (nSPS) is 17.9. The lowest BCUT2D eigenvalue weighted by molar-refractivity contribution is 0.237. The molecule has 2 rings (SSSR count). The first-order chi connectivity index (χ1) is 7.81. The Morgan fingerprint density at radius 2 is 2.25 bits per heavy atom. The molecule has 0 aliphatic heterocycles. The molecule has 1 aliphatic rings. The van der Waals surface area contributed by atoms with Crippen LogP contribution in [-0.4, -0.2) is 19.1 Å². The van der Waals surface area contributed by atoms with Crippen LogP contribution in [0.5, 0.6) is 0 Å². The molecule has 1 aliphatic carbocycles. The number of hydrogen-bond acceptors (Lipinski definition) is 2. The molecule has 0 radical (unpaired) electrons. The number of rotatable bonds is 3. The van der Waals surface area contributed by atoms with Gasteiger partial charge in [0.05, 0.1) is 6.04 Å². The average molecular weight is 219 g/mol. The van der Waals surface area contributed by atoms with Crippen molar-refractivity contribution < 1.29 is 4.79 Å². The maximum absolute atomic E-state index is 11.5. The van der Waals surface area contributed by atoms with Crippen molar-refractivity contribution in [3.63, 3.8) is 0 Å². The second kappa shape index (κ2) is 4.99. The van der Waals surface area contributed by atoms with Crippen molar-refractivity contribution in [3.8, 4) is 0 Å². The van der Waals surface area contributed by atoms with Gasteiger partial charge in [-0.25, -0.2) is 4.79 Å². The van der Waals surface area contributed by atoms with E-state index in [9.17, 15) is 4.79 Å². The van der Waals surface area contributed by atoms with Crippen LogP contribution in [0, 0.1) is 0 Å². The fraction of sp³-hybridized carbons (Fsp3) is 0.417. The zero-order valence-electron chi connectivity index (χ0n) is 9.20. The highest BCUT2D eigenvalue weighted by molar-refractivity contribution is 5.74. The number of urea groups is 1. The quantitative estimate of drug-likeness (QED) is 0.708. The molecule has 4 nitrogen and oxygen atoms in total. The standard InChI is InChI=1S/C12H17N3O/c13-7-8-14-12(16)15-11-6-5-9-3-1-2-4-10(9)11/h1-4,11H,5-8,13H2,(H2,14,15,16)/t11-/m1/s1. The third kappa shape index (κ3) is 2.33. The summed E-state index contributed by atoms with van der Waals surface area (Å²) in [5.41, 5.74) is 7.90. The van der Waals surface area contributed by atoms with Crippen LogP contribution in [0.4, 0.5) is 4.79 Å². The number of nitrogens with two attached hydrogens (primary N) is 1. The summed E-state index contributed by atoms with van der Waals surface area (Å²) >= 11 is 0. The van der Waals surface area contributed by atoms with Crippen LogP contribution in [0.1, 0.15) is 23.6 Å². The molecule has 16 heavy (non-hydrogen) atoms. The fourth-order valence-corrected chi connectivity index (χ4v) is 2.10. The van der Waals surface area contributed by atoms with Gasteiger partial charge in [-0.15, -0.1) is 0 Å². The minimum absolute atomic E-state index is 0.132. The molecule has 4 heteroatoms. The Labute approximate surface area is 95.2 Å². The third-order valence-electron chi connectivity index (χ3n) is 2.87. The lowest BCUT2D eigenvalue weighted by Crippen LogP contribution is -2.39. The SMILES string of the molecule is NCCNC(=O)N[C@@H]1CCc2ccccc21. The van der Waals surface area contributed by atoms with E-state index in [4.69, 9.17) is 5.73 Å². The Hall–Kier alpha value is -1.55. The van der Waals surface area contributed by atoms with Gasteiger partial charge in [-0.2, -0.15) is 0 Å². The molecule has 0 saturated carbocycles. The number of carbonyl (C=O) groups excluding carboxylic acids is 1. The molecule has 0 saturated heterocycles. The van der Waals surface area contributed by atoms with Crippen molar-refractivity contribution in [3.05, 3.63) is 35.4 Å². The molecule has 1 aromatic carbocycles. The minimum atomic E-state index is -0.132. The van der Waals surface area contributed by atoms with Crippen molar-refractivity contribution in [1.82, 2.24) is 10.6 Å². The maximum Gasteiger partial charge on any atom is 0.315 e. The summed E-state index contributed by atoms with van der Waals surface area (Å²) in [4.78, 5) is 11.5. The summed E-state index contributed by atoms with van der Waals surface area (Å²) in [6.45, 7) is 0.981. The van der Waals surface area contributed by atoms with Crippen LogP contribution >= 0.6 is 0 Å². The summed E-state index contributed by atoms with van der Waals surface area (Å²) < 4.78 is 0. The van der Waals surface area contributed by atoms with E-state index >= 15 is 0 Å². The number of benzene rings is 1. The van der Waals surface area contributed by atoms with Crippen LogP contribution in [0.2, 0.25) is 0 Å². The van der Waals surface area contributed by atoms with Gasteiger partial charge in [0.2, 0.25) is 0 Å². The molecule has 0 unspecified atom stereocenters. The second-order valence-corrected chi connectivity index (χ2v) is 3.98. The van der Waals surface area contributed by atoms with Gasteiger partial charge in [-0.1, -0.05) is 24.3 Å². The zero-order valence-corrected chi connectivity index (χ0v) is 9.20. The number of fused-ring (bicyclic) bond motifs is 1. The summed E-state index contributed by atoms with van der Waals surface area (Å²) in [7, 11) is 0. The van der Waals surface area contributed by atoms with E-state index in [0.29, 0.717) is 13.1 Å². The van der Waals surface area contributed by atoms with Crippen molar-refractivity contribution in [2.45, 2.75) is 18.9 Å². The minimum Gasteiger partial charge on any atom is -0.337 e. The van der Waals surface area contributed by atoms with Crippen LogP contribution in [0.3, 0.4) is 0 Å². The number of carbonyl (C=O) groups is 1. The maximum atomic E-state index is 11.5. The molecule has 1 aromatic rings. The Kier molecular flexibility index (Phi) is 3.41. The Morgan fingerprint density at radius 3 is 3.06 bits per heavy atom. The van der Waals surface area contributed by atoms with Gasteiger partial charge in [0.15, 0.2) is 0 Å². The van der Waals surface area contributed by atoms with Crippen molar-refractivity contribution in [2.75, 3.05) is 13.1 Å². The van der Waals surface area contributed by atoms with Crippen molar-refractivity contribution >= 4 is 6.03 Å². The molecule has 1 atom stereocenters. The highest BCUT2D eigenvalue weighted by atomic mass is 16.2. The predicted molar refractivity (Wildman–Crippen MR) is 63.1 cm³/mol. The number of aryl methyl sites for hydroxylation is 1. The Balaban J connectivity index is 1.95. The lowest BCUT2D eigenvalue weighted by Gasteiger charge is -2.14. The van der Waals surface area contributed by atoms with Crippen LogP contribution in [-0.2, 0) is 6.42 Å².